The Bertz CT molecular complexity index is 1090. The first-order valence-corrected chi connectivity index (χ1v) is 9.30. The molecule has 0 bridgehead atoms. The van der Waals surface area contributed by atoms with Crippen LogP contribution in [0.15, 0.2) is 24.7 Å². The normalized spacial score (nSPS) is 15.5. The molecule has 1 aliphatic heterocycles. The molecule has 0 aliphatic carbocycles. The minimum absolute atomic E-state index is 0.0908. The number of carbonyl (C=O) groups is 1. The molecule has 146 valence electrons. The number of rotatable bonds is 4. The van der Waals surface area contributed by atoms with Gasteiger partial charge in [0.05, 0.1) is 34.2 Å². The van der Waals surface area contributed by atoms with Gasteiger partial charge in [-0.05, 0) is 31.9 Å². The second-order valence-electron chi connectivity index (χ2n) is 7.83. The Morgan fingerprint density at radius 2 is 2.00 bits per heavy atom. The third-order valence-corrected chi connectivity index (χ3v) is 5.24. The van der Waals surface area contributed by atoms with Crippen molar-refractivity contribution in [3.05, 3.63) is 41.7 Å². The first kappa shape index (κ1) is 18.4. The van der Waals surface area contributed by atoms with Crippen molar-refractivity contribution in [2.45, 2.75) is 45.6 Å². The van der Waals surface area contributed by atoms with E-state index in [1.807, 2.05) is 36.6 Å². The van der Waals surface area contributed by atoms with Crippen molar-refractivity contribution in [1.82, 2.24) is 19.4 Å². The second kappa shape index (κ2) is 6.27. The number of nitrogens with zero attached hydrogens (tertiary/aromatic N) is 5. The van der Waals surface area contributed by atoms with Crippen LogP contribution in [0, 0.1) is 0 Å². The molecule has 0 saturated carbocycles. The Labute approximate surface area is 163 Å². The molecule has 0 aromatic carbocycles. The standard InChI is InChI=1S/C20H24N6O2/c1-11(2)16-13-7-6-12(8-25(13)10-22-16)26-18-15(20(3,4)19(26)28)17(21-5)23-14(9-27)24-18/h6-8,10-11,27H,9H2,1-5H3,(H,21,23,24). The number of anilines is 3. The molecule has 4 rings (SSSR count). The van der Waals surface area contributed by atoms with Crippen molar-refractivity contribution >= 4 is 28.7 Å². The molecule has 8 heteroatoms. The van der Waals surface area contributed by atoms with E-state index in [4.69, 9.17) is 0 Å². The number of hydrogen-bond acceptors (Lipinski definition) is 6. The van der Waals surface area contributed by atoms with Crippen LogP contribution < -0.4 is 10.2 Å². The Kier molecular flexibility index (Phi) is 4.11. The van der Waals surface area contributed by atoms with Gasteiger partial charge < -0.3 is 14.8 Å². The van der Waals surface area contributed by atoms with Crippen molar-refractivity contribution in [3.63, 3.8) is 0 Å². The lowest BCUT2D eigenvalue weighted by Crippen LogP contribution is -2.33. The predicted molar refractivity (Wildman–Crippen MR) is 107 cm³/mol. The molecule has 2 N–H and O–H groups in total. The molecule has 8 nitrogen and oxygen atoms in total. The molecule has 28 heavy (non-hydrogen) atoms. The van der Waals surface area contributed by atoms with Gasteiger partial charge in [0.15, 0.2) is 5.82 Å². The van der Waals surface area contributed by atoms with Crippen LogP contribution in [0.5, 0.6) is 0 Å². The number of aliphatic hydroxyl groups excluding tert-OH is 1. The SMILES string of the molecule is CNc1nc(CO)nc2c1C(C)(C)C(=O)N2c1ccc2c(C(C)C)ncn2c1. The van der Waals surface area contributed by atoms with Gasteiger partial charge in [0.1, 0.15) is 18.2 Å². The molecule has 0 fully saturated rings. The molecule has 0 radical (unpaired) electrons. The number of amides is 1. The van der Waals surface area contributed by atoms with Crippen LogP contribution in [0.2, 0.25) is 0 Å². The van der Waals surface area contributed by atoms with Crippen LogP contribution in [0.4, 0.5) is 17.3 Å². The van der Waals surface area contributed by atoms with Crippen LogP contribution >= 0.6 is 0 Å². The Hall–Kier alpha value is -3.00. The van der Waals surface area contributed by atoms with Gasteiger partial charge >= 0.3 is 0 Å². The van der Waals surface area contributed by atoms with Gasteiger partial charge in [0, 0.05) is 13.2 Å². The van der Waals surface area contributed by atoms with Crippen molar-refractivity contribution in [2.24, 2.45) is 0 Å². The van der Waals surface area contributed by atoms with E-state index in [2.05, 4.69) is 34.1 Å². The minimum atomic E-state index is -0.797. The lowest BCUT2D eigenvalue weighted by Gasteiger charge is -2.20. The van der Waals surface area contributed by atoms with Crippen molar-refractivity contribution < 1.29 is 9.90 Å². The van der Waals surface area contributed by atoms with Crippen molar-refractivity contribution in [1.29, 1.82) is 0 Å². The fraction of sp³-hybridized carbons (Fsp3) is 0.400. The van der Waals surface area contributed by atoms with E-state index in [0.717, 1.165) is 16.8 Å². The van der Waals surface area contributed by atoms with E-state index in [-0.39, 0.29) is 18.3 Å². The summed E-state index contributed by atoms with van der Waals surface area (Å²) in [7, 11) is 1.75. The summed E-state index contributed by atoms with van der Waals surface area (Å²) in [6, 6.07) is 3.88. The topological polar surface area (TPSA) is 95.7 Å². The third-order valence-electron chi connectivity index (χ3n) is 5.24. The quantitative estimate of drug-likeness (QED) is 0.723. The van der Waals surface area contributed by atoms with Gasteiger partial charge in [0.2, 0.25) is 5.91 Å². The number of nitrogens with one attached hydrogen (secondary N) is 1. The summed E-state index contributed by atoms with van der Waals surface area (Å²) in [6.07, 6.45) is 3.65. The minimum Gasteiger partial charge on any atom is -0.388 e. The molecule has 0 spiro atoms. The molecule has 0 saturated heterocycles. The third kappa shape index (κ3) is 2.48. The second-order valence-corrected chi connectivity index (χ2v) is 7.83. The van der Waals surface area contributed by atoms with Crippen LogP contribution in [-0.4, -0.2) is 37.4 Å². The fourth-order valence-electron chi connectivity index (χ4n) is 3.79. The van der Waals surface area contributed by atoms with Gasteiger partial charge in [-0.3, -0.25) is 9.69 Å². The monoisotopic (exact) mass is 380 g/mol. The predicted octanol–water partition coefficient (Wildman–Crippen LogP) is 2.74. The molecule has 0 atom stereocenters. The number of hydrogen-bond donors (Lipinski definition) is 2. The number of pyridine rings is 1. The highest BCUT2D eigenvalue weighted by Gasteiger charge is 2.48. The Morgan fingerprint density at radius 1 is 1.25 bits per heavy atom. The maximum atomic E-state index is 13.3. The maximum Gasteiger partial charge on any atom is 0.243 e. The molecule has 1 aliphatic rings. The van der Waals surface area contributed by atoms with Crippen LogP contribution in [0.1, 0.15) is 50.7 Å². The highest BCUT2D eigenvalue weighted by molar-refractivity contribution is 6.12. The van der Waals surface area contributed by atoms with Gasteiger partial charge in [-0.25, -0.2) is 15.0 Å². The molecule has 3 aromatic rings. The summed E-state index contributed by atoms with van der Waals surface area (Å²) in [5, 5.41) is 12.6. The zero-order valence-corrected chi connectivity index (χ0v) is 16.7. The average molecular weight is 380 g/mol. The number of imidazole rings is 1. The molecular weight excluding hydrogens is 356 g/mol. The van der Waals surface area contributed by atoms with Gasteiger partial charge in [0.25, 0.3) is 0 Å². The smallest absolute Gasteiger partial charge is 0.243 e. The lowest BCUT2D eigenvalue weighted by atomic mass is 9.87. The first-order valence-electron chi connectivity index (χ1n) is 9.30. The van der Waals surface area contributed by atoms with Crippen LogP contribution in [0.3, 0.4) is 0 Å². The highest BCUT2D eigenvalue weighted by atomic mass is 16.3. The number of aromatic nitrogens is 4. The summed E-state index contributed by atoms with van der Waals surface area (Å²) >= 11 is 0. The zero-order valence-electron chi connectivity index (χ0n) is 16.7. The number of aliphatic hydroxyl groups is 1. The fourth-order valence-corrected chi connectivity index (χ4v) is 3.79. The summed E-state index contributed by atoms with van der Waals surface area (Å²) in [5.41, 5.74) is 2.66. The van der Waals surface area contributed by atoms with E-state index in [0.29, 0.717) is 23.2 Å². The summed E-state index contributed by atoms with van der Waals surface area (Å²) in [4.78, 5) is 28.3. The highest BCUT2D eigenvalue weighted by Crippen LogP contribution is 2.47. The first-order chi connectivity index (χ1) is 13.3. The average Bonchev–Trinajstić information content (AvgIpc) is 3.18. The maximum absolute atomic E-state index is 13.3. The molecule has 0 unspecified atom stereocenters. The lowest BCUT2D eigenvalue weighted by molar-refractivity contribution is -0.121. The Balaban J connectivity index is 1.92. The number of fused-ring (bicyclic) bond motifs is 2. The molecular formula is C20H24N6O2. The van der Waals surface area contributed by atoms with Gasteiger partial charge in [-0.2, -0.15) is 0 Å². The Morgan fingerprint density at radius 3 is 2.64 bits per heavy atom. The van der Waals surface area contributed by atoms with Gasteiger partial charge in [-0.1, -0.05) is 13.8 Å². The molecule has 4 heterocycles. The summed E-state index contributed by atoms with van der Waals surface area (Å²) in [5.74, 6) is 1.54. The van der Waals surface area contributed by atoms with E-state index in [1.54, 1.807) is 18.3 Å². The van der Waals surface area contributed by atoms with Crippen molar-refractivity contribution in [2.75, 3.05) is 17.3 Å². The van der Waals surface area contributed by atoms with Crippen LogP contribution in [0.25, 0.3) is 5.52 Å². The van der Waals surface area contributed by atoms with E-state index >= 15 is 0 Å². The summed E-state index contributed by atoms with van der Waals surface area (Å²) in [6.45, 7) is 7.63. The van der Waals surface area contributed by atoms with Gasteiger partial charge in [-0.15, -0.1) is 0 Å². The van der Waals surface area contributed by atoms with E-state index in [1.165, 1.54) is 0 Å². The van der Waals surface area contributed by atoms with E-state index < -0.39 is 5.41 Å². The van der Waals surface area contributed by atoms with Crippen molar-refractivity contribution in [3.8, 4) is 0 Å². The van der Waals surface area contributed by atoms with E-state index in [9.17, 15) is 9.90 Å². The molecule has 3 aromatic heterocycles. The largest absolute Gasteiger partial charge is 0.388 e. The number of carbonyl (C=O) groups excluding carboxylic acids is 1. The summed E-state index contributed by atoms with van der Waals surface area (Å²) < 4.78 is 1.93. The van der Waals surface area contributed by atoms with Crippen LogP contribution in [-0.2, 0) is 16.8 Å². The zero-order chi connectivity index (χ0) is 20.2. The molecule has 1 amide bonds.